The summed E-state index contributed by atoms with van der Waals surface area (Å²) in [6, 6.07) is 8.38. The molecule has 0 spiro atoms. The summed E-state index contributed by atoms with van der Waals surface area (Å²) in [5.74, 6) is 4.22. The number of nitrogens with zero attached hydrogens (tertiary/aromatic N) is 4. The standard InChI is InChI=1S/C21H32N6O.HI/c1-5-22-21(23-13-20-26-25-19-7-6-12-27(19)20)24-16(4)17-8-10-18(11-9-17)28-14-15(2)3;/h8-11,15-16H,5-7,12-14H2,1-4H3,(H2,22,23,24);1H. The van der Waals surface area contributed by atoms with E-state index in [1.165, 1.54) is 5.56 Å². The Morgan fingerprint density at radius 3 is 2.66 bits per heavy atom. The molecule has 3 rings (SSSR count). The Morgan fingerprint density at radius 2 is 1.97 bits per heavy atom. The maximum absolute atomic E-state index is 5.77. The van der Waals surface area contributed by atoms with Crippen LogP contribution in [0.15, 0.2) is 29.3 Å². The molecule has 8 heteroatoms. The first-order chi connectivity index (χ1) is 13.6. The number of guanidine groups is 1. The van der Waals surface area contributed by atoms with Crippen molar-refractivity contribution in [2.75, 3.05) is 13.2 Å². The molecule has 29 heavy (non-hydrogen) atoms. The third kappa shape index (κ3) is 6.58. The molecule has 0 bridgehead atoms. The first-order valence-electron chi connectivity index (χ1n) is 10.3. The van der Waals surface area contributed by atoms with E-state index in [2.05, 4.69) is 65.2 Å². The van der Waals surface area contributed by atoms with Crippen LogP contribution in [0.1, 0.15) is 57.4 Å². The third-order valence-corrected chi connectivity index (χ3v) is 4.73. The minimum atomic E-state index is 0. The van der Waals surface area contributed by atoms with Crippen LogP contribution in [-0.4, -0.2) is 33.9 Å². The smallest absolute Gasteiger partial charge is 0.192 e. The molecular weight excluding hydrogens is 479 g/mol. The van der Waals surface area contributed by atoms with Gasteiger partial charge in [0.05, 0.1) is 12.6 Å². The van der Waals surface area contributed by atoms with E-state index in [0.717, 1.165) is 55.9 Å². The average molecular weight is 512 g/mol. The Morgan fingerprint density at radius 1 is 1.21 bits per heavy atom. The molecule has 1 aliphatic rings. The Kier molecular flexibility index (Phi) is 9.19. The summed E-state index contributed by atoms with van der Waals surface area (Å²) < 4.78 is 7.95. The SMILES string of the molecule is CCNC(=NCc1nnc2n1CCC2)NC(C)c1ccc(OCC(C)C)cc1.I. The van der Waals surface area contributed by atoms with Crippen LogP contribution in [0.4, 0.5) is 0 Å². The molecule has 1 aliphatic heterocycles. The predicted octanol–water partition coefficient (Wildman–Crippen LogP) is 3.69. The molecule has 1 atom stereocenters. The van der Waals surface area contributed by atoms with Crippen LogP contribution < -0.4 is 15.4 Å². The zero-order chi connectivity index (χ0) is 19.9. The lowest BCUT2D eigenvalue weighted by Crippen LogP contribution is -2.38. The van der Waals surface area contributed by atoms with E-state index < -0.39 is 0 Å². The second-order valence-corrected chi connectivity index (χ2v) is 7.62. The Bertz CT molecular complexity index is 787. The molecule has 0 saturated heterocycles. The fourth-order valence-corrected chi connectivity index (χ4v) is 3.20. The van der Waals surface area contributed by atoms with E-state index in [0.29, 0.717) is 12.5 Å². The maximum atomic E-state index is 5.77. The lowest BCUT2D eigenvalue weighted by Gasteiger charge is -2.18. The lowest BCUT2D eigenvalue weighted by molar-refractivity contribution is 0.271. The lowest BCUT2D eigenvalue weighted by atomic mass is 10.1. The molecule has 0 amide bonds. The van der Waals surface area contributed by atoms with Gasteiger partial charge >= 0.3 is 0 Å². The molecule has 0 radical (unpaired) electrons. The molecule has 0 saturated carbocycles. The second kappa shape index (κ2) is 11.4. The number of rotatable bonds is 8. The number of hydrogen-bond donors (Lipinski definition) is 2. The number of nitrogens with one attached hydrogen (secondary N) is 2. The quantitative estimate of drug-likeness (QED) is 0.321. The van der Waals surface area contributed by atoms with Crippen LogP contribution in [0.2, 0.25) is 0 Å². The van der Waals surface area contributed by atoms with Crippen LogP contribution in [0.3, 0.4) is 0 Å². The van der Waals surface area contributed by atoms with Crippen molar-refractivity contribution in [3.8, 4) is 5.75 Å². The number of ether oxygens (including phenoxy) is 1. The Labute approximate surface area is 190 Å². The molecule has 0 fully saturated rings. The second-order valence-electron chi connectivity index (χ2n) is 7.62. The van der Waals surface area contributed by atoms with Crippen molar-refractivity contribution in [2.45, 2.75) is 59.7 Å². The van der Waals surface area contributed by atoms with Gasteiger partial charge in [0.15, 0.2) is 11.8 Å². The predicted molar refractivity (Wildman–Crippen MR) is 127 cm³/mol. The van der Waals surface area contributed by atoms with Gasteiger partial charge in [0.1, 0.15) is 18.1 Å². The molecule has 2 heterocycles. The molecule has 1 aromatic heterocycles. The molecule has 0 aliphatic carbocycles. The number of fused-ring (bicyclic) bond motifs is 1. The molecule has 7 nitrogen and oxygen atoms in total. The number of aryl methyl sites for hydroxylation is 1. The van der Waals surface area contributed by atoms with Gasteiger partial charge in [-0.15, -0.1) is 34.2 Å². The number of benzene rings is 1. The fraction of sp³-hybridized carbons (Fsp3) is 0.571. The molecule has 1 aromatic carbocycles. The maximum Gasteiger partial charge on any atom is 0.192 e. The van der Waals surface area contributed by atoms with Crippen molar-refractivity contribution in [1.29, 1.82) is 0 Å². The highest BCUT2D eigenvalue weighted by Gasteiger charge is 2.17. The first-order valence-corrected chi connectivity index (χ1v) is 10.3. The van der Waals surface area contributed by atoms with Gasteiger partial charge in [-0.1, -0.05) is 26.0 Å². The summed E-state index contributed by atoms with van der Waals surface area (Å²) in [6.07, 6.45) is 2.16. The summed E-state index contributed by atoms with van der Waals surface area (Å²) >= 11 is 0. The normalized spacial score (nSPS) is 14.3. The van der Waals surface area contributed by atoms with Crippen LogP contribution in [0.25, 0.3) is 0 Å². The van der Waals surface area contributed by atoms with Crippen molar-refractivity contribution >= 4 is 29.9 Å². The van der Waals surface area contributed by atoms with E-state index in [-0.39, 0.29) is 30.0 Å². The van der Waals surface area contributed by atoms with Crippen LogP contribution >= 0.6 is 24.0 Å². The minimum Gasteiger partial charge on any atom is -0.493 e. The van der Waals surface area contributed by atoms with Gasteiger partial charge in [-0.05, 0) is 43.9 Å². The highest BCUT2D eigenvalue weighted by Crippen LogP contribution is 2.18. The Hall–Kier alpha value is -1.84. The largest absolute Gasteiger partial charge is 0.493 e. The molecule has 2 aromatic rings. The summed E-state index contributed by atoms with van der Waals surface area (Å²) in [4.78, 5) is 4.71. The fourth-order valence-electron chi connectivity index (χ4n) is 3.20. The van der Waals surface area contributed by atoms with Gasteiger partial charge in [0.2, 0.25) is 0 Å². The zero-order valence-corrected chi connectivity index (χ0v) is 20.1. The summed E-state index contributed by atoms with van der Waals surface area (Å²) in [6.45, 7) is 11.6. The summed E-state index contributed by atoms with van der Waals surface area (Å²) in [7, 11) is 0. The van der Waals surface area contributed by atoms with Crippen molar-refractivity contribution in [1.82, 2.24) is 25.4 Å². The minimum absolute atomic E-state index is 0. The average Bonchev–Trinajstić information content (AvgIpc) is 3.29. The summed E-state index contributed by atoms with van der Waals surface area (Å²) in [5, 5.41) is 15.3. The van der Waals surface area contributed by atoms with Gasteiger partial charge in [-0.2, -0.15) is 0 Å². The van der Waals surface area contributed by atoms with Crippen molar-refractivity contribution in [2.24, 2.45) is 10.9 Å². The van der Waals surface area contributed by atoms with E-state index in [1.54, 1.807) is 0 Å². The topological polar surface area (TPSA) is 76.4 Å². The van der Waals surface area contributed by atoms with Crippen LogP contribution in [-0.2, 0) is 19.5 Å². The van der Waals surface area contributed by atoms with Crippen LogP contribution in [0.5, 0.6) is 5.75 Å². The Balaban J connectivity index is 0.00000300. The van der Waals surface area contributed by atoms with Gasteiger partial charge in [0.25, 0.3) is 0 Å². The monoisotopic (exact) mass is 512 g/mol. The van der Waals surface area contributed by atoms with E-state index in [9.17, 15) is 0 Å². The van der Waals surface area contributed by atoms with Crippen molar-refractivity contribution in [3.05, 3.63) is 41.5 Å². The molecule has 160 valence electrons. The van der Waals surface area contributed by atoms with Gasteiger partial charge in [0, 0.05) is 19.5 Å². The van der Waals surface area contributed by atoms with E-state index in [4.69, 9.17) is 9.73 Å². The molecular formula is C21H33IN6O. The number of halogens is 1. The zero-order valence-electron chi connectivity index (χ0n) is 17.8. The molecule has 2 N–H and O–H groups in total. The highest BCUT2D eigenvalue weighted by atomic mass is 127. The first kappa shape index (κ1) is 23.4. The van der Waals surface area contributed by atoms with E-state index in [1.807, 2.05) is 12.1 Å². The molecule has 1 unspecified atom stereocenters. The van der Waals surface area contributed by atoms with Crippen molar-refractivity contribution < 1.29 is 4.74 Å². The number of aliphatic imine (C=N–C) groups is 1. The third-order valence-electron chi connectivity index (χ3n) is 4.73. The highest BCUT2D eigenvalue weighted by molar-refractivity contribution is 14.0. The summed E-state index contributed by atoms with van der Waals surface area (Å²) in [5.41, 5.74) is 1.19. The van der Waals surface area contributed by atoms with Crippen LogP contribution in [0, 0.1) is 5.92 Å². The van der Waals surface area contributed by atoms with Crippen molar-refractivity contribution in [3.63, 3.8) is 0 Å². The van der Waals surface area contributed by atoms with Gasteiger partial charge < -0.3 is 19.9 Å². The van der Waals surface area contributed by atoms with E-state index >= 15 is 0 Å². The van der Waals surface area contributed by atoms with Gasteiger partial charge in [-0.3, -0.25) is 0 Å². The number of aromatic nitrogens is 3. The van der Waals surface area contributed by atoms with Gasteiger partial charge in [-0.25, -0.2) is 4.99 Å². The number of hydrogen-bond acceptors (Lipinski definition) is 4.